The summed E-state index contributed by atoms with van der Waals surface area (Å²) in [5.41, 5.74) is -1.97. The third kappa shape index (κ3) is 4.58. The highest BCUT2D eigenvalue weighted by molar-refractivity contribution is 6.35. The second-order valence-corrected chi connectivity index (χ2v) is 5.55. The van der Waals surface area contributed by atoms with Gasteiger partial charge in [0.05, 0.1) is 17.7 Å². The first-order chi connectivity index (χ1) is 12.5. The Hall–Kier alpha value is -3.04. The molecule has 0 aliphatic rings. The van der Waals surface area contributed by atoms with Crippen LogP contribution >= 0.6 is 0 Å². The third-order valence-corrected chi connectivity index (χ3v) is 3.59. The average molecular weight is 383 g/mol. The molecule has 0 aliphatic carbocycles. The number of nitrogens with one attached hydrogen (secondary N) is 1. The molecule has 0 heterocycles. The first kappa shape index (κ1) is 20.3. The molecule has 0 aliphatic heterocycles. The summed E-state index contributed by atoms with van der Waals surface area (Å²) < 4.78 is 58.6. The van der Waals surface area contributed by atoms with Crippen LogP contribution in [0, 0.1) is 5.82 Å². The Kier molecular flexibility index (Phi) is 5.77. The average Bonchev–Trinajstić information content (AvgIpc) is 2.55. The molecule has 27 heavy (non-hydrogen) atoms. The van der Waals surface area contributed by atoms with E-state index in [-0.39, 0.29) is 29.1 Å². The zero-order chi connectivity index (χ0) is 20.4. The molecule has 2 rings (SSSR count). The SMILES string of the molecule is Bc1cc(C(=O)Nc2ccc(C(=O)O)c(F)c2)cc(C(F)(F)F)c1OCC. The van der Waals surface area contributed by atoms with E-state index in [0.717, 1.165) is 18.2 Å². The van der Waals surface area contributed by atoms with Crippen molar-refractivity contribution in [2.75, 3.05) is 11.9 Å². The summed E-state index contributed by atoms with van der Waals surface area (Å²) in [4.78, 5) is 23.1. The number of halogens is 4. The Bertz CT molecular complexity index is 899. The van der Waals surface area contributed by atoms with E-state index in [9.17, 15) is 27.2 Å². The second-order valence-electron chi connectivity index (χ2n) is 5.55. The fraction of sp³-hybridized carbons (Fsp3) is 0.176. The van der Waals surface area contributed by atoms with Gasteiger partial charge < -0.3 is 15.2 Å². The largest absolute Gasteiger partial charge is 0.494 e. The minimum absolute atomic E-state index is 0.0185. The Morgan fingerprint density at radius 1 is 1.22 bits per heavy atom. The molecule has 5 nitrogen and oxygen atoms in total. The fourth-order valence-electron chi connectivity index (χ4n) is 2.42. The highest BCUT2D eigenvalue weighted by atomic mass is 19.4. The van der Waals surface area contributed by atoms with E-state index in [1.807, 2.05) is 0 Å². The maximum Gasteiger partial charge on any atom is 0.419 e. The lowest BCUT2D eigenvalue weighted by Crippen LogP contribution is -2.22. The van der Waals surface area contributed by atoms with Crippen LogP contribution in [0.25, 0.3) is 0 Å². The molecule has 0 spiro atoms. The van der Waals surface area contributed by atoms with Gasteiger partial charge in [-0.3, -0.25) is 4.79 Å². The number of anilines is 1. The summed E-state index contributed by atoms with van der Waals surface area (Å²) >= 11 is 0. The number of carbonyl (C=O) groups excluding carboxylic acids is 1. The summed E-state index contributed by atoms with van der Waals surface area (Å²) in [5.74, 6) is -3.84. The van der Waals surface area contributed by atoms with Crippen molar-refractivity contribution < 1.29 is 37.0 Å². The number of hydrogen-bond donors (Lipinski definition) is 2. The van der Waals surface area contributed by atoms with Gasteiger partial charge in [0.15, 0.2) is 0 Å². The molecule has 2 aromatic rings. The van der Waals surface area contributed by atoms with E-state index in [4.69, 9.17) is 9.84 Å². The van der Waals surface area contributed by atoms with Crippen LogP contribution in [0.2, 0.25) is 0 Å². The predicted octanol–water partition coefficient (Wildman–Crippen LogP) is 2.45. The normalized spacial score (nSPS) is 11.1. The molecule has 142 valence electrons. The van der Waals surface area contributed by atoms with Crippen LogP contribution in [0.4, 0.5) is 23.2 Å². The molecule has 0 bridgehead atoms. The number of benzene rings is 2. The fourth-order valence-corrected chi connectivity index (χ4v) is 2.42. The van der Waals surface area contributed by atoms with Crippen molar-refractivity contribution in [2.24, 2.45) is 0 Å². The van der Waals surface area contributed by atoms with Crippen LogP contribution in [0.15, 0.2) is 30.3 Å². The number of rotatable bonds is 5. The minimum atomic E-state index is -4.74. The lowest BCUT2D eigenvalue weighted by Gasteiger charge is -2.17. The summed E-state index contributed by atoms with van der Waals surface area (Å²) in [6.45, 7) is 1.56. The quantitative estimate of drug-likeness (QED) is 0.615. The van der Waals surface area contributed by atoms with Gasteiger partial charge in [0.25, 0.3) is 5.91 Å². The number of carboxylic acid groups (broad SMARTS) is 1. The maximum absolute atomic E-state index is 13.7. The first-order valence-corrected chi connectivity index (χ1v) is 7.73. The zero-order valence-electron chi connectivity index (χ0n) is 14.3. The summed E-state index contributed by atoms with van der Waals surface area (Å²) in [7, 11) is 1.37. The van der Waals surface area contributed by atoms with Gasteiger partial charge in [-0.1, -0.05) is 6.07 Å². The Labute approximate surface area is 152 Å². The molecule has 0 unspecified atom stereocenters. The molecule has 0 atom stereocenters. The third-order valence-electron chi connectivity index (χ3n) is 3.59. The Morgan fingerprint density at radius 2 is 1.89 bits per heavy atom. The molecule has 0 radical (unpaired) electrons. The van der Waals surface area contributed by atoms with Crippen LogP contribution in [-0.4, -0.2) is 31.4 Å². The van der Waals surface area contributed by atoms with Crippen LogP contribution in [0.3, 0.4) is 0 Å². The van der Waals surface area contributed by atoms with E-state index in [0.29, 0.717) is 6.07 Å². The Morgan fingerprint density at radius 3 is 2.41 bits per heavy atom. The molecular weight excluding hydrogens is 369 g/mol. The second kappa shape index (κ2) is 7.69. The zero-order valence-corrected chi connectivity index (χ0v) is 14.3. The van der Waals surface area contributed by atoms with E-state index >= 15 is 0 Å². The lowest BCUT2D eigenvalue weighted by atomic mass is 9.89. The molecule has 0 fully saturated rings. The minimum Gasteiger partial charge on any atom is -0.494 e. The smallest absolute Gasteiger partial charge is 0.419 e. The standard InChI is InChI=1S/C17H14BF4NO4/c1-2-27-14-11(17(20,21)22)5-8(6-12(14)18)15(24)23-9-3-4-10(16(25)26)13(19)7-9/h3-7H,2,18H2,1H3,(H,23,24)(H,25,26). The van der Waals surface area contributed by atoms with Crippen molar-refractivity contribution in [1.29, 1.82) is 0 Å². The predicted molar refractivity (Wildman–Crippen MR) is 92.1 cm³/mol. The van der Waals surface area contributed by atoms with Gasteiger partial charge >= 0.3 is 12.1 Å². The number of carboxylic acids is 1. The van der Waals surface area contributed by atoms with E-state index in [1.54, 1.807) is 0 Å². The highest BCUT2D eigenvalue weighted by Gasteiger charge is 2.36. The van der Waals surface area contributed by atoms with Crippen LogP contribution in [-0.2, 0) is 6.18 Å². The molecule has 1 amide bonds. The van der Waals surface area contributed by atoms with E-state index < -0.39 is 35.0 Å². The van der Waals surface area contributed by atoms with Gasteiger partial charge in [0.1, 0.15) is 19.4 Å². The van der Waals surface area contributed by atoms with Gasteiger partial charge in [-0.25, -0.2) is 9.18 Å². The van der Waals surface area contributed by atoms with Crippen LogP contribution in [0.5, 0.6) is 5.75 Å². The summed E-state index contributed by atoms with van der Waals surface area (Å²) in [5, 5.41) is 11.0. The van der Waals surface area contributed by atoms with Crippen LogP contribution < -0.4 is 15.5 Å². The highest BCUT2D eigenvalue weighted by Crippen LogP contribution is 2.36. The van der Waals surface area contributed by atoms with Gasteiger partial charge in [-0.15, -0.1) is 0 Å². The first-order valence-electron chi connectivity index (χ1n) is 7.73. The molecule has 0 aromatic heterocycles. The van der Waals surface area contributed by atoms with Gasteiger partial charge in [0, 0.05) is 11.3 Å². The number of alkyl halides is 3. The number of aromatic carboxylic acids is 1. The van der Waals surface area contributed by atoms with Gasteiger partial charge in [0.2, 0.25) is 0 Å². The molecule has 0 saturated carbocycles. The molecule has 0 saturated heterocycles. The number of carbonyl (C=O) groups is 2. The monoisotopic (exact) mass is 383 g/mol. The van der Waals surface area contributed by atoms with E-state index in [1.165, 1.54) is 20.8 Å². The molecular formula is C17H14BF4NO4. The topological polar surface area (TPSA) is 75.6 Å². The Balaban J connectivity index is 2.38. The summed E-state index contributed by atoms with van der Waals surface area (Å²) in [6.07, 6.45) is -4.74. The number of hydrogen-bond acceptors (Lipinski definition) is 3. The van der Waals surface area contributed by atoms with E-state index in [2.05, 4.69) is 5.32 Å². The van der Waals surface area contributed by atoms with Gasteiger partial charge in [-0.05, 0) is 36.7 Å². The number of amides is 1. The lowest BCUT2D eigenvalue weighted by molar-refractivity contribution is -0.138. The number of ether oxygens (including phenoxy) is 1. The van der Waals surface area contributed by atoms with Crippen molar-refractivity contribution in [1.82, 2.24) is 0 Å². The van der Waals surface area contributed by atoms with Crippen molar-refractivity contribution in [3.63, 3.8) is 0 Å². The van der Waals surface area contributed by atoms with Crippen molar-refractivity contribution in [2.45, 2.75) is 13.1 Å². The molecule has 2 aromatic carbocycles. The van der Waals surface area contributed by atoms with Gasteiger partial charge in [-0.2, -0.15) is 13.2 Å². The maximum atomic E-state index is 13.7. The summed E-state index contributed by atoms with van der Waals surface area (Å²) in [6, 6.07) is 4.72. The van der Waals surface area contributed by atoms with Crippen LogP contribution in [0.1, 0.15) is 33.2 Å². The van der Waals surface area contributed by atoms with Crippen molar-refractivity contribution >= 4 is 30.9 Å². The molecule has 2 N–H and O–H groups in total. The van der Waals surface area contributed by atoms with Crippen molar-refractivity contribution in [3.8, 4) is 5.75 Å². The molecule has 10 heteroatoms. The van der Waals surface area contributed by atoms with Crippen molar-refractivity contribution in [3.05, 3.63) is 52.8 Å².